The van der Waals surface area contributed by atoms with Gasteiger partial charge in [-0.05, 0) is 38.0 Å². The molecule has 0 fully saturated rings. The van der Waals surface area contributed by atoms with Crippen molar-refractivity contribution in [3.05, 3.63) is 40.5 Å². The SMILES string of the molecule is Cc1ccc(Cl)cc1NC(=O)C(C)OC(=O)CCCc1nc(C(C)(C)C)no1. The van der Waals surface area contributed by atoms with Gasteiger partial charge >= 0.3 is 5.97 Å². The molecule has 0 aliphatic rings. The minimum absolute atomic E-state index is 0.154. The number of anilines is 1. The van der Waals surface area contributed by atoms with Crippen LogP contribution in [-0.4, -0.2) is 28.1 Å². The van der Waals surface area contributed by atoms with Crippen molar-refractivity contribution in [3.63, 3.8) is 0 Å². The van der Waals surface area contributed by atoms with Gasteiger partial charge in [-0.3, -0.25) is 9.59 Å². The monoisotopic (exact) mass is 407 g/mol. The molecule has 8 heteroatoms. The van der Waals surface area contributed by atoms with E-state index in [4.69, 9.17) is 20.9 Å². The number of aromatic nitrogens is 2. The Labute approximate surface area is 169 Å². The molecule has 28 heavy (non-hydrogen) atoms. The Morgan fingerprint density at radius 1 is 1.32 bits per heavy atom. The van der Waals surface area contributed by atoms with Gasteiger partial charge in [0, 0.05) is 29.0 Å². The fourth-order valence-electron chi connectivity index (χ4n) is 2.32. The van der Waals surface area contributed by atoms with E-state index in [-0.39, 0.29) is 11.8 Å². The highest BCUT2D eigenvalue weighted by atomic mass is 35.5. The largest absolute Gasteiger partial charge is 0.453 e. The molecule has 1 N–H and O–H groups in total. The first-order valence-electron chi connectivity index (χ1n) is 9.16. The molecule has 0 bridgehead atoms. The molecule has 7 nitrogen and oxygen atoms in total. The van der Waals surface area contributed by atoms with Crippen molar-refractivity contribution in [2.75, 3.05) is 5.32 Å². The molecule has 1 amide bonds. The molecule has 2 aromatic rings. The number of nitrogens with one attached hydrogen (secondary N) is 1. The molecule has 0 saturated heterocycles. The van der Waals surface area contributed by atoms with E-state index in [9.17, 15) is 9.59 Å². The molecule has 1 unspecified atom stereocenters. The van der Waals surface area contributed by atoms with Crippen molar-refractivity contribution >= 4 is 29.2 Å². The summed E-state index contributed by atoms with van der Waals surface area (Å²) in [6.45, 7) is 9.37. The minimum Gasteiger partial charge on any atom is -0.453 e. The second kappa shape index (κ2) is 9.19. The molecule has 0 radical (unpaired) electrons. The second-order valence-corrected chi connectivity index (χ2v) is 8.13. The summed E-state index contributed by atoms with van der Waals surface area (Å²) in [5.74, 6) is 0.248. The zero-order valence-corrected chi connectivity index (χ0v) is 17.6. The molecular formula is C20H26ClN3O4. The standard InChI is InChI=1S/C20H26ClN3O4/c1-12-9-10-14(21)11-15(12)22-18(26)13(2)27-17(25)8-6-7-16-23-19(24-28-16)20(3,4)5/h9-11,13H,6-8H2,1-5H3,(H,22,26). The quantitative estimate of drug-likeness (QED) is 0.690. The van der Waals surface area contributed by atoms with Crippen molar-refractivity contribution in [2.45, 2.75) is 65.4 Å². The molecule has 0 saturated carbocycles. The van der Waals surface area contributed by atoms with Crippen molar-refractivity contribution in [2.24, 2.45) is 0 Å². The van der Waals surface area contributed by atoms with E-state index in [0.717, 1.165) is 5.56 Å². The zero-order valence-electron chi connectivity index (χ0n) is 16.8. The number of benzene rings is 1. The number of carbonyl (C=O) groups is 2. The van der Waals surface area contributed by atoms with Crippen molar-refractivity contribution in [1.82, 2.24) is 10.1 Å². The average molecular weight is 408 g/mol. The van der Waals surface area contributed by atoms with Crippen LogP contribution in [0.25, 0.3) is 0 Å². The summed E-state index contributed by atoms with van der Waals surface area (Å²) in [6.07, 6.45) is 0.204. The van der Waals surface area contributed by atoms with Crippen LogP contribution in [0.5, 0.6) is 0 Å². The Morgan fingerprint density at radius 2 is 2.04 bits per heavy atom. The first-order chi connectivity index (χ1) is 13.1. The van der Waals surface area contributed by atoms with Crippen LogP contribution in [0.15, 0.2) is 22.7 Å². The Kier molecular flexibility index (Phi) is 7.18. The number of esters is 1. The van der Waals surface area contributed by atoms with Gasteiger partial charge in [-0.25, -0.2) is 0 Å². The van der Waals surface area contributed by atoms with E-state index in [0.29, 0.717) is 35.3 Å². The van der Waals surface area contributed by atoms with E-state index in [1.165, 1.54) is 6.92 Å². The van der Waals surface area contributed by atoms with Gasteiger partial charge in [0.25, 0.3) is 5.91 Å². The highest BCUT2D eigenvalue weighted by Gasteiger charge is 2.21. The van der Waals surface area contributed by atoms with Gasteiger partial charge in [0.1, 0.15) is 0 Å². The van der Waals surface area contributed by atoms with E-state index >= 15 is 0 Å². The lowest BCUT2D eigenvalue weighted by atomic mass is 9.96. The predicted molar refractivity (Wildman–Crippen MR) is 106 cm³/mol. The number of nitrogens with zero attached hydrogens (tertiary/aromatic N) is 2. The topological polar surface area (TPSA) is 94.3 Å². The number of aryl methyl sites for hydroxylation is 2. The molecule has 1 aromatic carbocycles. The normalized spacial score (nSPS) is 12.5. The Balaban J connectivity index is 1.78. The number of rotatable bonds is 7. The van der Waals surface area contributed by atoms with E-state index in [1.54, 1.807) is 18.2 Å². The third-order valence-corrected chi connectivity index (χ3v) is 4.28. The fourth-order valence-corrected chi connectivity index (χ4v) is 2.49. The van der Waals surface area contributed by atoms with Crippen molar-refractivity contribution in [1.29, 1.82) is 0 Å². The van der Waals surface area contributed by atoms with Gasteiger partial charge in [-0.2, -0.15) is 4.98 Å². The molecule has 1 heterocycles. The van der Waals surface area contributed by atoms with Crippen molar-refractivity contribution in [3.8, 4) is 0 Å². The van der Waals surface area contributed by atoms with E-state index < -0.39 is 18.0 Å². The van der Waals surface area contributed by atoms with Crippen LogP contribution < -0.4 is 5.32 Å². The summed E-state index contributed by atoms with van der Waals surface area (Å²) in [5.41, 5.74) is 1.27. The smallest absolute Gasteiger partial charge is 0.306 e. The Bertz CT molecular complexity index is 842. The van der Waals surface area contributed by atoms with Crippen LogP contribution in [0.4, 0.5) is 5.69 Å². The third kappa shape index (κ3) is 6.34. The molecule has 1 aromatic heterocycles. The summed E-state index contributed by atoms with van der Waals surface area (Å²) in [5, 5.41) is 7.18. The maximum Gasteiger partial charge on any atom is 0.306 e. The first kappa shape index (κ1) is 21.9. The highest BCUT2D eigenvalue weighted by molar-refractivity contribution is 6.31. The molecular weight excluding hydrogens is 382 g/mol. The van der Waals surface area contributed by atoms with Gasteiger partial charge in [-0.15, -0.1) is 0 Å². The van der Waals surface area contributed by atoms with Crippen LogP contribution >= 0.6 is 11.6 Å². The number of halogens is 1. The van der Waals surface area contributed by atoms with Crippen molar-refractivity contribution < 1.29 is 18.8 Å². The Morgan fingerprint density at radius 3 is 2.68 bits per heavy atom. The maximum absolute atomic E-state index is 12.2. The summed E-state index contributed by atoms with van der Waals surface area (Å²) in [6, 6.07) is 5.20. The molecule has 152 valence electrons. The average Bonchev–Trinajstić information content (AvgIpc) is 3.07. The van der Waals surface area contributed by atoms with Gasteiger partial charge in [0.2, 0.25) is 5.89 Å². The molecule has 0 aliphatic heterocycles. The summed E-state index contributed by atoms with van der Waals surface area (Å²) < 4.78 is 10.4. The van der Waals surface area contributed by atoms with Crippen LogP contribution in [0.1, 0.15) is 57.8 Å². The summed E-state index contributed by atoms with van der Waals surface area (Å²) >= 11 is 5.94. The number of amides is 1. The molecule has 1 atom stereocenters. The molecule has 0 aliphatic carbocycles. The van der Waals surface area contributed by atoms with Crippen LogP contribution in [0, 0.1) is 6.92 Å². The fraction of sp³-hybridized carbons (Fsp3) is 0.500. The lowest BCUT2D eigenvalue weighted by molar-refractivity contribution is -0.153. The lowest BCUT2D eigenvalue weighted by Crippen LogP contribution is -2.30. The zero-order chi connectivity index (χ0) is 20.9. The maximum atomic E-state index is 12.2. The molecule has 0 spiro atoms. The van der Waals surface area contributed by atoms with E-state index in [1.807, 2.05) is 27.7 Å². The van der Waals surface area contributed by atoms with Gasteiger partial charge < -0.3 is 14.6 Å². The van der Waals surface area contributed by atoms with Crippen LogP contribution in [-0.2, 0) is 26.2 Å². The van der Waals surface area contributed by atoms with Crippen LogP contribution in [0.2, 0.25) is 5.02 Å². The van der Waals surface area contributed by atoms with Gasteiger partial charge in [0.15, 0.2) is 11.9 Å². The highest BCUT2D eigenvalue weighted by Crippen LogP contribution is 2.21. The first-order valence-corrected chi connectivity index (χ1v) is 9.53. The molecule has 2 rings (SSSR count). The van der Waals surface area contributed by atoms with E-state index in [2.05, 4.69) is 15.5 Å². The predicted octanol–water partition coefficient (Wildman–Crippen LogP) is 4.22. The van der Waals surface area contributed by atoms with Crippen LogP contribution in [0.3, 0.4) is 0 Å². The number of ether oxygens (including phenoxy) is 1. The number of hydrogen-bond acceptors (Lipinski definition) is 6. The number of hydrogen-bond donors (Lipinski definition) is 1. The van der Waals surface area contributed by atoms with Gasteiger partial charge in [0.05, 0.1) is 0 Å². The second-order valence-electron chi connectivity index (χ2n) is 7.70. The van der Waals surface area contributed by atoms with Gasteiger partial charge in [-0.1, -0.05) is 43.6 Å². The number of carbonyl (C=O) groups excluding carboxylic acids is 2. The Hall–Kier alpha value is -2.41. The summed E-state index contributed by atoms with van der Waals surface area (Å²) in [4.78, 5) is 28.6. The lowest BCUT2D eigenvalue weighted by Gasteiger charge is -2.15. The minimum atomic E-state index is -0.915. The summed E-state index contributed by atoms with van der Waals surface area (Å²) in [7, 11) is 0. The third-order valence-electron chi connectivity index (χ3n) is 4.05.